The molecule has 1 amide bonds. The van der Waals surface area contributed by atoms with E-state index in [-0.39, 0.29) is 5.91 Å². The van der Waals surface area contributed by atoms with Crippen molar-refractivity contribution in [3.05, 3.63) is 41.5 Å². The Morgan fingerprint density at radius 2 is 1.89 bits per heavy atom. The van der Waals surface area contributed by atoms with Gasteiger partial charge in [0, 0.05) is 18.2 Å². The molecule has 2 N–H and O–H groups in total. The first kappa shape index (κ1) is 15.0. The number of carbonyl (C=O) groups excluding carboxylic acids is 1. The highest BCUT2D eigenvalue weighted by Crippen LogP contribution is 2.06. The lowest BCUT2D eigenvalue weighted by atomic mass is 10.1. The largest absolute Gasteiger partial charge is 0.478 e. The Labute approximate surface area is 113 Å². The summed E-state index contributed by atoms with van der Waals surface area (Å²) in [5, 5.41) is 11.4. The first-order valence-electron chi connectivity index (χ1n) is 6.42. The van der Waals surface area contributed by atoms with Crippen molar-refractivity contribution in [2.75, 3.05) is 6.54 Å². The quantitative estimate of drug-likeness (QED) is 0.586. The summed E-state index contributed by atoms with van der Waals surface area (Å²) in [4.78, 5) is 22.1. The maximum absolute atomic E-state index is 11.8. The summed E-state index contributed by atoms with van der Waals surface area (Å²) in [7, 11) is 0. The fourth-order valence-corrected chi connectivity index (χ4v) is 1.59. The summed E-state index contributed by atoms with van der Waals surface area (Å²) in [5.74, 6) is -1.08. The molecular formula is C15H19NO3. The van der Waals surface area contributed by atoms with Gasteiger partial charge in [0.2, 0.25) is 0 Å². The Bertz CT molecular complexity index is 449. The van der Waals surface area contributed by atoms with Gasteiger partial charge in [-0.1, -0.05) is 31.9 Å². The predicted molar refractivity (Wildman–Crippen MR) is 75.0 cm³/mol. The summed E-state index contributed by atoms with van der Waals surface area (Å²) in [6.07, 6.45) is 5.78. The van der Waals surface area contributed by atoms with Crippen molar-refractivity contribution < 1.29 is 14.7 Å². The van der Waals surface area contributed by atoms with Crippen LogP contribution in [0.5, 0.6) is 0 Å². The summed E-state index contributed by atoms with van der Waals surface area (Å²) >= 11 is 0. The number of carboxylic acids is 1. The van der Waals surface area contributed by atoms with Gasteiger partial charge in [-0.05, 0) is 30.2 Å². The van der Waals surface area contributed by atoms with Crippen LogP contribution in [-0.4, -0.2) is 23.5 Å². The topological polar surface area (TPSA) is 66.4 Å². The zero-order valence-corrected chi connectivity index (χ0v) is 11.1. The number of benzene rings is 1. The second-order valence-electron chi connectivity index (χ2n) is 4.26. The minimum atomic E-state index is -0.988. The Hall–Kier alpha value is -2.10. The highest BCUT2D eigenvalue weighted by molar-refractivity contribution is 5.94. The predicted octanol–water partition coefficient (Wildman–Crippen LogP) is 2.70. The molecule has 19 heavy (non-hydrogen) atoms. The van der Waals surface area contributed by atoms with Crippen molar-refractivity contribution in [3.63, 3.8) is 0 Å². The van der Waals surface area contributed by atoms with Crippen LogP contribution in [0.15, 0.2) is 30.3 Å². The van der Waals surface area contributed by atoms with Crippen molar-refractivity contribution in [2.24, 2.45) is 0 Å². The Kier molecular flexibility index (Phi) is 6.36. The molecule has 0 aliphatic heterocycles. The molecule has 0 aliphatic rings. The molecule has 0 atom stereocenters. The normalized spacial score (nSPS) is 10.6. The molecule has 0 heterocycles. The van der Waals surface area contributed by atoms with E-state index in [1.54, 1.807) is 24.3 Å². The number of hydrogen-bond donors (Lipinski definition) is 2. The number of aliphatic carboxylic acids is 1. The molecule has 0 bridgehead atoms. The highest BCUT2D eigenvalue weighted by atomic mass is 16.4. The van der Waals surface area contributed by atoms with Crippen LogP contribution in [0.3, 0.4) is 0 Å². The Morgan fingerprint density at radius 3 is 2.47 bits per heavy atom. The molecule has 4 heteroatoms. The number of hydrogen-bond acceptors (Lipinski definition) is 2. The number of rotatable bonds is 7. The molecule has 0 saturated heterocycles. The summed E-state index contributed by atoms with van der Waals surface area (Å²) in [6, 6.07) is 6.83. The maximum Gasteiger partial charge on any atom is 0.328 e. The molecule has 0 aliphatic carbocycles. The summed E-state index contributed by atoms with van der Waals surface area (Å²) in [5.41, 5.74) is 1.34. The molecule has 0 aromatic heterocycles. The van der Waals surface area contributed by atoms with Gasteiger partial charge in [0.05, 0.1) is 0 Å². The average molecular weight is 261 g/mol. The number of carboxylic acid groups (broad SMARTS) is 1. The van der Waals surface area contributed by atoms with E-state index in [4.69, 9.17) is 5.11 Å². The van der Waals surface area contributed by atoms with E-state index in [1.807, 2.05) is 0 Å². The van der Waals surface area contributed by atoms with E-state index in [2.05, 4.69) is 12.2 Å². The van der Waals surface area contributed by atoms with Crippen LogP contribution in [0.25, 0.3) is 6.08 Å². The van der Waals surface area contributed by atoms with Crippen LogP contribution < -0.4 is 5.32 Å². The first-order valence-corrected chi connectivity index (χ1v) is 6.42. The van der Waals surface area contributed by atoms with Crippen molar-refractivity contribution in [1.29, 1.82) is 0 Å². The van der Waals surface area contributed by atoms with E-state index in [1.165, 1.54) is 6.08 Å². The van der Waals surface area contributed by atoms with Crippen LogP contribution in [0.2, 0.25) is 0 Å². The Morgan fingerprint density at radius 1 is 1.21 bits per heavy atom. The van der Waals surface area contributed by atoms with E-state index in [0.717, 1.165) is 30.9 Å². The second kappa shape index (κ2) is 8.08. The molecule has 0 saturated carbocycles. The molecular weight excluding hydrogens is 242 g/mol. The minimum Gasteiger partial charge on any atom is -0.478 e. The lowest BCUT2D eigenvalue weighted by Crippen LogP contribution is -2.24. The molecule has 0 radical (unpaired) electrons. The average Bonchev–Trinajstić information content (AvgIpc) is 2.41. The van der Waals surface area contributed by atoms with Crippen LogP contribution in [0.1, 0.15) is 42.1 Å². The lowest BCUT2D eigenvalue weighted by Gasteiger charge is -2.04. The van der Waals surface area contributed by atoms with Crippen molar-refractivity contribution in [1.82, 2.24) is 5.32 Å². The van der Waals surface area contributed by atoms with E-state index in [9.17, 15) is 9.59 Å². The Balaban J connectivity index is 2.51. The van der Waals surface area contributed by atoms with Gasteiger partial charge in [-0.25, -0.2) is 4.79 Å². The SMILES string of the molecule is CCCCCNC(=O)c1ccc(/C=C/C(=O)O)cc1. The zero-order chi connectivity index (χ0) is 14.1. The monoisotopic (exact) mass is 261 g/mol. The molecule has 0 unspecified atom stereocenters. The van der Waals surface area contributed by atoms with E-state index >= 15 is 0 Å². The number of carbonyl (C=O) groups is 2. The van der Waals surface area contributed by atoms with Gasteiger partial charge in [0.15, 0.2) is 0 Å². The van der Waals surface area contributed by atoms with E-state index in [0.29, 0.717) is 12.1 Å². The third kappa shape index (κ3) is 5.86. The fraction of sp³-hybridized carbons (Fsp3) is 0.333. The third-order valence-corrected chi connectivity index (χ3v) is 2.66. The molecule has 4 nitrogen and oxygen atoms in total. The van der Waals surface area contributed by atoms with Crippen LogP contribution in [0, 0.1) is 0 Å². The van der Waals surface area contributed by atoms with Crippen LogP contribution in [-0.2, 0) is 4.79 Å². The van der Waals surface area contributed by atoms with E-state index < -0.39 is 5.97 Å². The van der Waals surface area contributed by atoms with Crippen molar-refractivity contribution >= 4 is 18.0 Å². The molecule has 0 spiro atoms. The summed E-state index contributed by atoms with van der Waals surface area (Å²) < 4.78 is 0. The third-order valence-electron chi connectivity index (χ3n) is 2.66. The van der Waals surface area contributed by atoms with Gasteiger partial charge in [0.25, 0.3) is 5.91 Å². The number of amides is 1. The smallest absolute Gasteiger partial charge is 0.328 e. The van der Waals surface area contributed by atoms with Gasteiger partial charge in [-0.3, -0.25) is 4.79 Å². The van der Waals surface area contributed by atoms with Crippen molar-refractivity contribution in [3.8, 4) is 0 Å². The first-order chi connectivity index (χ1) is 9.13. The molecule has 102 valence electrons. The standard InChI is InChI=1S/C15H19NO3/c1-2-3-4-11-16-15(19)13-8-5-12(6-9-13)7-10-14(17)18/h5-10H,2-4,11H2,1H3,(H,16,19)(H,17,18)/b10-7+. The summed E-state index contributed by atoms with van der Waals surface area (Å²) in [6.45, 7) is 2.80. The lowest BCUT2D eigenvalue weighted by molar-refractivity contribution is -0.131. The van der Waals surface area contributed by atoms with Gasteiger partial charge >= 0.3 is 5.97 Å². The minimum absolute atomic E-state index is 0.0927. The van der Waals surface area contributed by atoms with Gasteiger partial charge in [0.1, 0.15) is 0 Å². The van der Waals surface area contributed by atoms with Crippen molar-refractivity contribution in [2.45, 2.75) is 26.2 Å². The second-order valence-corrected chi connectivity index (χ2v) is 4.26. The van der Waals surface area contributed by atoms with Crippen LogP contribution in [0.4, 0.5) is 0 Å². The maximum atomic E-state index is 11.8. The molecule has 1 rings (SSSR count). The van der Waals surface area contributed by atoms with Gasteiger partial charge in [-0.2, -0.15) is 0 Å². The number of nitrogens with one attached hydrogen (secondary N) is 1. The van der Waals surface area contributed by atoms with Crippen LogP contribution >= 0.6 is 0 Å². The number of unbranched alkanes of at least 4 members (excludes halogenated alkanes) is 2. The fourth-order valence-electron chi connectivity index (χ4n) is 1.59. The van der Waals surface area contributed by atoms with Gasteiger partial charge < -0.3 is 10.4 Å². The van der Waals surface area contributed by atoms with Gasteiger partial charge in [-0.15, -0.1) is 0 Å². The molecule has 1 aromatic carbocycles. The zero-order valence-electron chi connectivity index (χ0n) is 11.1. The highest BCUT2D eigenvalue weighted by Gasteiger charge is 2.03. The molecule has 1 aromatic rings. The molecule has 0 fully saturated rings.